The Morgan fingerprint density at radius 2 is 1.41 bits per heavy atom. The molecule has 8 nitrogen and oxygen atoms in total. The smallest absolute Gasteiger partial charge is 0.416 e. The summed E-state index contributed by atoms with van der Waals surface area (Å²) in [7, 11) is 2.87. The summed E-state index contributed by atoms with van der Waals surface area (Å²) in [6.45, 7) is 9.31. The van der Waals surface area contributed by atoms with E-state index in [9.17, 15) is 32.7 Å². The van der Waals surface area contributed by atoms with E-state index in [0.717, 1.165) is 12.1 Å². The number of carbonyl (C=O) groups is 3. The van der Waals surface area contributed by atoms with Gasteiger partial charge in [0.05, 0.1) is 11.6 Å². The number of benzene rings is 2. The SMILES string of the molecule is CC(C)[C@@H](C(=O)N(C)C(Cc1ccc(O)c(C(C)(C)C)c1)C(N)=O)N(C)C(=O)C(N)Cc1ccc(C(F)(F)F)cc1. The lowest BCUT2D eigenvalue weighted by Gasteiger charge is -2.36. The van der Waals surface area contributed by atoms with Crippen LogP contribution in [0.1, 0.15) is 56.9 Å². The van der Waals surface area contributed by atoms with Crippen LogP contribution in [-0.4, -0.2) is 64.8 Å². The average molecular weight is 579 g/mol. The van der Waals surface area contributed by atoms with Gasteiger partial charge in [0.15, 0.2) is 0 Å². The fourth-order valence-corrected chi connectivity index (χ4v) is 4.79. The molecule has 0 aliphatic carbocycles. The zero-order valence-corrected chi connectivity index (χ0v) is 24.6. The van der Waals surface area contributed by atoms with Crippen LogP contribution in [0.15, 0.2) is 42.5 Å². The Hall–Kier alpha value is -3.60. The number of primary amides is 1. The Kier molecular flexibility index (Phi) is 10.6. The fourth-order valence-electron chi connectivity index (χ4n) is 4.79. The molecule has 0 fully saturated rings. The molecule has 11 heteroatoms. The molecule has 0 radical (unpaired) electrons. The van der Waals surface area contributed by atoms with E-state index in [1.54, 1.807) is 26.0 Å². The second-order valence-corrected chi connectivity index (χ2v) is 11.8. The van der Waals surface area contributed by atoms with Crippen molar-refractivity contribution in [2.75, 3.05) is 14.1 Å². The number of amides is 3. The van der Waals surface area contributed by atoms with Gasteiger partial charge in [-0.05, 0) is 52.6 Å². The third-order valence-electron chi connectivity index (χ3n) is 7.15. The number of hydrogen-bond donors (Lipinski definition) is 3. The van der Waals surface area contributed by atoms with Crippen LogP contribution in [0.4, 0.5) is 13.2 Å². The zero-order chi connectivity index (χ0) is 31.4. The van der Waals surface area contributed by atoms with Crippen molar-refractivity contribution in [2.24, 2.45) is 17.4 Å². The Morgan fingerprint density at radius 1 is 0.878 bits per heavy atom. The summed E-state index contributed by atoms with van der Waals surface area (Å²) in [6, 6.07) is 6.22. The molecule has 0 aliphatic rings. The first-order valence-electron chi connectivity index (χ1n) is 13.3. The molecule has 0 saturated carbocycles. The third-order valence-corrected chi connectivity index (χ3v) is 7.15. The summed E-state index contributed by atoms with van der Waals surface area (Å²) in [6.07, 6.45) is -4.42. The molecule has 2 aromatic rings. The van der Waals surface area contributed by atoms with Gasteiger partial charge >= 0.3 is 6.18 Å². The Labute approximate surface area is 239 Å². The molecular formula is C30H41F3N4O4. The van der Waals surface area contributed by atoms with E-state index < -0.39 is 47.6 Å². The second kappa shape index (κ2) is 12.9. The van der Waals surface area contributed by atoms with Crippen LogP contribution in [0.3, 0.4) is 0 Å². The minimum absolute atomic E-state index is 0.0307. The van der Waals surface area contributed by atoms with Crippen LogP contribution in [0.25, 0.3) is 0 Å². The predicted octanol–water partition coefficient (Wildman–Crippen LogP) is 3.62. The molecule has 0 saturated heterocycles. The van der Waals surface area contributed by atoms with Crippen molar-refractivity contribution in [3.05, 3.63) is 64.7 Å². The van der Waals surface area contributed by atoms with Crippen LogP contribution in [0, 0.1) is 5.92 Å². The molecule has 2 aromatic carbocycles. The van der Waals surface area contributed by atoms with Gasteiger partial charge in [-0.2, -0.15) is 13.2 Å². The number of alkyl halides is 3. The number of likely N-dealkylation sites (N-methyl/N-ethyl adjacent to an activating group) is 2. The minimum Gasteiger partial charge on any atom is -0.508 e. The molecule has 0 aromatic heterocycles. The highest BCUT2D eigenvalue weighted by molar-refractivity contribution is 5.93. The van der Waals surface area contributed by atoms with E-state index in [2.05, 4.69) is 0 Å². The molecule has 0 aliphatic heterocycles. The molecule has 5 N–H and O–H groups in total. The standard InChI is InChI=1S/C30H41F3N4O4/c1-17(2)25(37(7)27(40)22(34)15-18-8-11-20(12-9-18)30(31,32)33)28(41)36(6)23(26(35)39)16-19-10-13-24(38)21(14-19)29(3,4)5/h8-14,17,22-23,25,38H,15-16,34H2,1-7H3,(H2,35,39)/t22?,23?,25-/m0/s1. The number of carbonyl (C=O) groups excluding carboxylic acids is 3. The largest absolute Gasteiger partial charge is 0.508 e. The molecule has 2 rings (SSSR count). The number of phenolic OH excluding ortho intramolecular Hbond substituents is 1. The number of aromatic hydroxyl groups is 1. The van der Waals surface area contributed by atoms with E-state index in [0.29, 0.717) is 16.7 Å². The summed E-state index contributed by atoms with van der Waals surface area (Å²) in [5, 5.41) is 10.3. The normalized spacial score (nSPS) is 14.3. The first-order valence-corrected chi connectivity index (χ1v) is 13.3. The van der Waals surface area contributed by atoms with Crippen molar-refractivity contribution in [1.29, 1.82) is 0 Å². The van der Waals surface area contributed by atoms with E-state index in [1.807, 2.05) is 20.8 Å². The van der Waals surface area contributed by atoms with E-state index in [1.165, 1.54) is 42.1 Å². The highest BCUT2D eigenvalue weighted by Gasteiger charge is 2.37. The topological polar surface area (TPSA) is 130 Å². The molecule has 0 spiro atoms. The molecule has 2 unspecified atom stereocenters. The quantitative estimate of drug-likeness (QED) is 0.397. The zero-order valence-electron chi connectivity index (χ0n) is 24.6. The highest BCUT2D eigenvalue weighted by Crippen LogP contribution is 2.32. The molecule has 0 bridgehead atoms. The van der Waals surface area contributed by atoms with Gasteiger partial charge in [-0.15, -0.1) is 0 Å². The summed E-state index contributed by atoms with van der Waals surface area (Å²) in [5.41, 5.74) is 12.5. The lowest BCUT2D eigenvalue weighted by Crippen LogP contribution is -2.58. The second-order valence-electron chi connectivity index (χ2n) is 11.8. The van der Waals surface area contributed by atoms with Crippen LogP contribution >= 0.6 is 0 Å². The number of nitrogens with two attached hydrogens (primary N) is 2. The number of hydrogen-bond acceptors (Lipinski definition) is 5. The van der Waals surface area contributed by atoms with Gasteiger partial charge in [-0.25, -0.2) is 0 Å². The van der Waals surface area contributed by atoms with Crippen molar-refractivity contribution in [1.82, 2.24) is 9.80 Å². The Morgan fingerprint density at radius 3 is 1.88 bits per heavy atom. The first-order chi connectivity index (χ1) is 18.7. The molecular weight excluding hydrogens is 537 g/mol. The summed E-state index contributed by atoms with van der Waals surface area (Å²) >= 11 is 0. The first kappa shape index (κ1) is 33.6. The van der Waals surface area contributed by atoms with Crippen LogP contribution in [0.5, 0.6) is 5.75 Å². The highest BCUT2D eigenvalue weighted by atomic mass is 19.4. The predicted molar refractivity (Wildman–Crippen MR) is 151 cm³/mol. The van der Waals surface area contributed by atoms with Gasteiger partial charge < -0.3 is 26.4 Å². The van der Waals surface area contributed by atoms with Gasteiger partial charge in [-0.1, -0.05) is 58.9 Å². The number of nitrogens with zero attached hydrogens (tertiary/aromatic N) is 2. The van der Waals surface area contributed by atoms with Crippen LogP contribution in [0.2, 0.25) is 0 Å². The van der Waals surface area contributed by atoms with E-state index in [4.69, 9.17) is 11.5 Å². The molecule has 0 heterocycles. The minimum atomic E-state index is -4.48. The van der Waals surface area contributed by atoms with Crippen molar-refractivity contribution in [3.63, 3.8) is 0 Å². The van der Waals surface area contributed by atoms with E-state index in [-0.39, 0.29) is 29.9 Å². The third kappa shape index (κ3) is 8.45. The van der Waals surface area contributed by atoms with Gasteiger partial charge in [-0.3, -0.25) is 14.4 Å². The van der Waals surface area contributed by atoms with E-state index >= 15 is 0 Å². The summed E-state index contributed by atoms with van der Waals surface area (Å²) < 4.78 is 38.6. The van der Waals surface area contributed by atoms with Gasteiger partial charge in [0, 0.05) is 20.5 Å². The number of rotatable bonds is 10. The Bertz CT molecular complexity index is 1240. The average Bonchev–Trinajstić information content (AvgIpc) is 2.85. The molecule has 41 heavy (non-hydrogen) atoms. The maximum atomic E-state index is 13.7. The number of halogens is 3. The monoisotopic (exact) mass is 578 g/mol. The van der Waals surface area contributed by atoms with Gasteiger partial charge in [0.2, 0.25) is 17.7 Å². The maximum absolute atomic E-state index is 13.7. The lowest BCUT2D eigenvalue weighted by molar-refractivity contribution is -0.149. The maximum Gasteiger partial charge on any atom is 0.416 e. The van der Waals surface area contributed by atoms with Crippen molar-refractivity contribution >= 4 is 17.7 Å². The van der Waals surface area contributed by atoms with Gasteiger partial charge in [0.1, 0.15) is 17.8 Å². The fraction of sp³-hybridized carbons (Fsp3) is 0.500. The summed E-state index contributed by atoms with van der Waals surface area (Å²) in [5.74, 6) is -2.08. The molecule has 226 valence electrons. The molecule has 3 amide bonds. The summed E-state index contributed by atoms with van der Waals surface area (Å²) in [4.78, 5) is 41.9. The van der Waals surface area contributed by atoms with Crippen molar-refractivity contribution < 1.29 is 32.7 Å². The van der Waals surface area contributed by atoms with Crippen LogP contribution in [-0.2, 0) is 38.8 Å². The van der Waals surface area contributed by atoms with Crippen molar-refractivity contribution in [2.45, 2.75) is 77.2 Å². The number of phenols is 1. The Balaban J connectivity index is 2.24. The van der Waals surface area contributed by atoms with Crippen LogP contribution < -0.4 is 11.5 Å². The van der Waals surface area contributed by atoms with Crippen molar-refractivity contribution in [3.8, 4) is 5.75 Å². The van der Waals surface area contributed by atoms with Gasteiger partial charge in [0.25, 0.3) is 0 Å². The lowest BCUT2D eigenvalue weighted by atomic mass is 9.84. The molecule has 3 atom stereocenters.